The van der Waals surface area contributed by atoms with E-state index >= 15 is 0 Å². The van der Waals surface area contributed by atoms with Gasteiger partial charge in [-0.1, -0.05) is 21.6 Å². The molecule has 6 nitrogen and oxygen atoms in total. The highest BCUT2D eigenvalue weighted by Gasteiger charge is 2.34. The largest absolute Gasteiger partial charge is 0.418 e. The topological polar surface area (TPSA) is 55.4 Å². The van der Waals surface area contributed by atoms with Crippen molar-refractivity contribution in [1.82, 2.24) is 0 Å². The molecule has 0 saturated carbocycles. The van der Waals surface area contributed by atoms with Gasteiger partial charge in [0.1, 0.15) is 0 Å². The van der Waals surface area contributed by atoms with Gasteiger partial charge in [0, 0.05) is 41.7 Å². The van der Waals surface area contributed by atoms with Crippen molar-refractivity contribution < 1.29 is 27.8 Å². The zero-order valence-electron chi connectivity index (χ0n) is 14.5. The van der Waals surface area contributed by atoms with E-state index in [-0.39, 0.29) is 0 Å². The van der Waals surface area contributed by atoms with Gasteiger partial charge in [0.2, 0.25) is 19.5 Å². The monoisotopic (exact) mass is 390 g/mol. The molecule has 0 saturated heterocycles. The number of hydrogen-bond donors (Lipinski definition) is 0. The van der Waals surface area contributed by atoms with Gasteiger partial charge in [0.05, 0.1) is 11.5 Å². The quantitative estimate of drug-likeness (QED) is 0.173. The molecule has 0 spiro atoms. The van der Waals surface area contributed by atoms with Gasteiger partial charge in [-0.3, -0.25) is 0 Å². The SMILES string of the molecule is CCO[SiH2]C(CSSCC(OC)(OC)[SiH2]OCC)(OC)OC. The maximum absolute atomic E-state index is 5.58. The molecule has 0 atom stereocenters. The third-order valence-corrected chi connectivity index (χ3v) is 10.2. The van der Waals surface area contributed by atoms with Crippen molar-refractivity contribution in [3.63, 3.8) is 0 Å². The van der Waals surface area contributed by atoms with Crippen molar-refractivity contribution in [3.05, 3.63) is 0 Å². The van der Waals surface area contributed by atoms with Gasteiger partial charge in [-0.2, -0.15) is 0 Å². The van der Waals surface area contributed by atoms with Crippen molar-refractivity contribution in [2.24, 2.45) is 0 Å². The number of ether oxygens (including phenoxy) is 4. The second kappa shape index (κ2) is 13.2. The Hall–Kier alpha value is 0.894. The summed E-state index contributed by atoms with van der Waals surface area (Å²) in [5, 5.41) is 0. The van der Waals surface area contributed by atoms with Crippen molar-refractivity contribution in [2.45, 2.75) is 24.7 Å². The first-order valence-electron chi connectivity index (χ1n) is 7.18. The van der Waals surface area contributed by atoms with Crippen LogP contribution in [0.25, 0.3) is 0 Å². The van der Waals surface area contributed by atoms with E-state index < -0.39 is 30.3 Å². The van der Waals surface area contributed by atoms with E-state index in [0.717, 1.165) is 0 Å². The van der Waals surface area contributed by atoms with Crippen molar-refractivity contribution in [2.75, 3.05) is 53.2 Å². The summed E-state index contributed by atoms with van der Waals surface area (Å²) in [6.45, 7) is 5.34. The average molecular weight is 391 g/mol. The lowest BCUT2D eigenvalue weighted by Gasteiger charge is -2.31. The molecular formula is C12H30O6S2Si2. The predicted octanol–water partition coefficient (Wildman–Crippen LogP) is 0.502. The Labute approximate surface area is 146 Å². The van der Waals surface area contributed by atoms with E-state index in [2.05, 4.69) is 0 Å². The third kappa shape index (κ3) is 8.13. The van der Waals surface area contributed by atoms with Gasteiger partial charge < -0.3 is 27.8 Å². The lowest BCUT2D eigenvalue weighted by atomic mass is 10.7. The van der Waals surface area contributed by atoms with E-state index in [1.807, 2.05) is 13.8 Å². The summed E-state index contributed by atoms with van der Waals surface area (Å²) in [4.78, 5) is 0. The Bertz CT molecular complexity index is 242. The van der Waals surface area contributed by atoms with Crippen LogP contribution in [0.2, 0.25) is 0 Å². The van der Waals surface area contributed by atoms with E-state index in [1.165, 1.54) is 0 Å². The molecule has 22 heavy (non-hydrogen) atoms. The molecule has 0 N–H and O–H groups in total. The molecule has 0 heterocycles. The van der Waals surface area contributed by atoms with Crippen LogP contribution in [0.1, 0.15) is 13.8 Å². The zero-order chi connectivity index (χ0) is 16.9. The molecule has 0 bridgehead atoms. The summed E-state index contributed by atoms with van der Waals surface area (Å²) in [5.74, 6) is 1.41. The van der Waals surface area contributed by atoms with Crippen LogP contribution in [0.15, 0.2) is 0 Å². The summed E-state index contributed by atoms with van der Waals surface area (Å²) in [5.41, 5.74) is -1.18. The highest BCUT2D eigenvalue weighted by Crippen LogP contribution is 2.31. The summed E-state index contributed by atoms with van der Waals surface area (Å²) >= 11 is 0. The minimum Gasteiger partial charge on any atom is -0.418 e. The van der Waals surface area contributed by atoms with Crippen LogP contribution in [-0.2, 0) is 27.8 Å². The second-order valence-corrected chi connectivity index (χ2v) is 10.4. The van der Waals surface area contributed by atoms with E-state index in [0.29, 0.717) is 24.7 Å². The first kappa shape index (κ1) is 22.9. The first-order valence-corrected chi connectivity index (χ1v) is 12.2. The van der Waals surface area contributed by atoms with E-state index in [9.17, 15) is 0 Å². The molecule has 0 aliphatic heterocycles. The fourth-order valence-electron chi connectivity index (χ4n) is 1.50. The van der Waals surface area contributed by atoms with Crippen LogP contribution >= 0.6 is 21.6 Å². The Morgan fingerprint density at radius 3 is 1.23 bits per heavy atom. The van der Waals surface area contributed by atoms with E-state index in [4.69, 9.17) is 27.8 Å². The molecule has 0 aromatic heterocycles. The number of hydrogen-bond acceptors (Lipinski definition) is 8. The summed E-state index contributed by atoms with van der Waals surface area (Å²) in [6.07, 6.45) is 0. The smallest absolute Gasteiger partial charge is 0.228 e. The van der Waals surface area contributed by atoms with Gasteiger partial charge in [0.25, 0.3) is 0 Å². The molecule has 10 heteroatoms. The molecule has 0 aromatic carbocycles. The Morgan fingerprint density at radius 2 is 1.00 bits per heavy atom. The van der Waals surface area contributed by atoms with Gasteiger partial charge in [0.15, 0.2) is 10.8 Å². The molecule has 0 aliphatic rings. The average Bonchev–Trinajstić information content (AvgIpc) is 2.58. The van der Waals surface area contributed by atoms with Crippen molar-refractivity contribution >= 4 is 41.1 Å². The fourth-order valence-corrected chi connectivity index (χ4v) is 7.74. The van der Waals surface area contributed by atoms with Gasteiger partial charge in [-0.05, 0) is 13.8 Å². The van der Waals surface area contributed by atoms with Crippen LogP contribution in [0, 0.1) is 0 Å². The number of rotatable bonds is 15. The molecule has 0 aliphatic carbocycles. The maximum atomic E-state index is 5.58. The summed E-state index contributed by atoms with van der Waals surface area (Å²) in [6, 6.07) is 0. The Balaban J connectivity index is 4.34. The van der Waals surface area contributed by atoms with Gasteiger partial charge in [-0.25, -0.2) is 0 Å². The molecule has 0 amide bonds. The highest BCUT2D eigenvalue weighted by atomic mass is 33.1. The molecule has 0 aromatic rings. The zero-order valence-corrected chi connectivity index (χ0v) is 19.0. The van der Waals surface area contributed by atoms with Crippen LogP contribution in [0.5, 0.6) is 0 Å². The molecule has 0 unspecified atom stereocenters. The number of methoxy groups -OCH3 is 4. The van der Waals surface area contributed by atoms with Crippen molar-refractivity contribution in [1.29, 1.82) is 0 Å². The molecular weight excluding hydrogens is 360 g/mol. The second-order valence-electron chi connectivity index (χ2n) is 4.44. The first-order chi connectivity index (χ1) is 10.6. The highest BCUT2D eigenvalue weighted by molar-refractivity contribution is 8.76. The molecule has 0 radical (unpaired) electrons. The van der Waals surface area contributed by atoms with Gasteiger partial charge in [-0.15, -0.1) is 0 Å². The lowest BCUT2D eigenvalue weighted by Crippen LogP contribution is -2.45. The van der Waals surface area contributed by atoms with Crippen LogP contribution < -0.4 is 0 Å². The summed E-state index contributed by atoms with van der Waals surface area (Å²) in [7, 11) is 8.16. The Morgan fingerprint density at radius 1 is 0.682 bits per heavy atom. The normalized spacial score (nSPS) is 13.9. The maximum Gasteiger partial charge on any atom is 0.228 e. The van der Waals surface area contributed by atoms with Crippen LogP contribution in [-0.4, -0.2) is 83.5 Å². The Kier molecular flexibility index (Phi) is 13.8. The van der Waals surface area contributed by atoms with E-state index in [1.54, 1.807) is 50.0 Å². The summed E-state index contributed by atoms with van der Waals surface area (Å²) < 4.78 is 33.3. The predicted molar refractivity (Wildman–Crippen MR) is 98.8 cm³/mol. The third-order valence-electron chi connectivity index (χ3n) is 3.18. The van der Waals surface area contributed by atoms with Crippen molar-refractivity contribution in [3.8, 4) is 0 Å². The lowest BCUT2D eigenvalue weighted by molar-refractivity contribution is -0.135. The molecule has 134 valence electrons. The fraction of sp³-hybridized carbons (Fsp3) is 1.00. The molecule has 0 fully saturated rings. The standard InChI is InChI=1S/C12H30O6S2Si2/c1-7-17-21-11(13-3,14-4)9-19-20-10-12(15-5,16-6)22-18-8-2/h7-10,21-22H2,1-6H3. The molecule has 0 rings (SSSR count). The van der Waals surface area contributed by atoms with Crippen LogP contribution in [0.4, 0.5) is 0 Å². The van der Waals surface area contributed by atoms with Gasteiger partial charge >= 0.3 is 0 Å². The van der Waals surface area contributed by atoms with Crippen LogP contribution in [0.3, 0.4) is 0 Å². The minimum absolute atomic E-state index is 0.589. The minimum atomic E-state index is -0.925.